The van der Waals surface area contributed by atoms with Crippen LogP contribution < -0.4 is 0 Å². The first-order valence-electron chi connectivity index (χ1n) is 7.93. The van der Waals surface area contributed by atoms with E-state index in [9.17, 15) is 31.1 Å². The van der Waals surface area contributed by atoms with Crippen molar-refractivity contribution in [3.8, 4) is 0 Å². The Morgan fingerprint density at radius 1 is 1.04 bits per heavy atom. The Bertz CT molecular complexity index is 813. The van der Waals surface area contributed by atoms with Crippen molar-refractivity contribution in [2.45, 2.75) is 31.1 Å². The third-order valence-electron chi connectivity index (χ3n) is 4.20. The highest BCUT2D eigenvalue weighted by atomic mass is 19.4. The van der Waals surface area contributed by atoms with Crippen LogP contribution in [0, 0.1) is 0 Å². The van der Waals surface area contributed by atoms with E-state index in [1.54, 1.807) is 0 Å². The van der Waals surface area contributed by atoms with Gasteiger partial charge in [-0.2, -0.15) is 26.3 Å². The van der Waals surface area contributed by atoms with Gasteiger partial charge in [0.15, 0.2) is 0 Å². The molecule has 1 atom stereocenters. The monoisotopic (exact) mass is 393 g/mol. The highest BCUT2D eigenvalue weighted by Crippen LogP contribution is 2.33. The number of hydrogen-bond donors (Lipinski definition) is 0. The summed E-state index contributed by atoms with van der Waals surface area (Å²) in [6.07, 6.45) is -8.32. The van der Waals surface area contributed by atoms with Gasteiger partial charge in [-0.15, -0.1) is 10.2 Å². The highest BCUT2D eigenvalue weighted by Gasteiger charge is 2.39. The molecule has 1 aromatic heterocycles. The molecule has 11 heteroatoms. The summed E-state index contributed by atoms with van der Waals surface area (Å²) in [7, 11) is 0. The molecule has 2 aromatic rings. The molecular formula is C16H13F6N3O2. The van der Waals surface area contributed by atoms with E-state index < -0.39 is 35.6 Å². The van der Waals surface area contributed by atoms with E-state index in [1.807, 2.05) is 0 Å². The van der Waals surface area contributed by atoms with E-state index in [-0.39, 0.29) is 18.0 Å². The van der Waals surface area contributed by atoms with Gasteiger partial charge in [-0.25, -0.2) is 0 Å². The van der Waals surface area contributed by atoms with Crippen LogP contribution in [0.3, 0.4) is 0 Å². The first-order valence-corrected chi connectivity index (χ1v) is 7.93. The number of likely N-dealkylation sites (tertiary alicyclic amines) is 1. The molecule has 0 aliphatic carbocycles. The van der Waals surface area contributed by atoms with Gasteiger partial charge in [-0.3, -0.25) is 4.79 Å². The minimum absolute atomic E-state index is 0.0410. The van der Waals surface area contributed by atoms with Gasteiger partial charge >= 0.3 is 18.2 Å². The van der Waals surface area contributed by atoms with Crippen molar-refractivity contribution >= 4 is 5.91 Å². The number of hydrogen-bond acceptors (Lipinski definition) is 4. The minimum atomic E-state index is -4.75. The molecule has 0 bridgehead atoms. The lowest BCUT2D eigenvalue weighted by Crippen LogP contribution is -2.39. The third kappa shape index (κ3) is 4.22. The summed E-state index contributed by atoms with van der Waals surface area (Å²) >= 11 is 0. The maximum atomic E-state index is 12.6. The first kappa shape index (κ1) is 19.2. The fourth-order valence-electron chi connectivity index (χ4n) is 2.86. The number of amides is 1. The molecule has 27 heavy (non-hydrogen) atoms. The van der Waals surface area contributed by atoms with Crippen LogP contribution in [-0.4, -0.2) is 34.1 Å². The molecular weight excluding hydrogens is 380 g/mol. The quantitative estimate of drug-likeness (QED) is 0.720. The maximum absolute atomic E-state index is 12.6. The number of rotatable bonds is 2. The molecule has 2 heterocycles. The van der Waals surface area contributed by atoms with Crippen LogP contribution >= 0.6 is 0 Å². The molecule has 3 rings (SSSR count). The van der Waals surface area contributed by atoms with Crippen LogP contribution in [0.25, 0.3) is 0 Å². The third-order valence-corrected chi connectivity index (χ3v) is 4.20. The summed E-state index contributed by atoms with van der Waals surface area (Å²) in [4.78, 5) is 13.9. The summed E-state index contributed by atoms with van der Waals surface area (Å²) in [6.45, 7) is 0.371. The number of piperidine rings is 1. The second-order valence-electron chi connectivity index (χ2n) is 6.11. The number of carbonyl (C=O) groups is 1. The molecule has 0 saturated carbocycles. The minimum Gasteiger partial charge on any atom is -0.417 e. The average molecular weight is 393 g/mol. The maximum Gasteiger partial charge on any atom is 0.470 e. The Balaban J connectivity index is 1.72. The predicted octanol–water partition coefficient (Wildman–Crippen LogP) is 4.13. The summed E-state index contributed by atoms with van der Waals surface area (Å²) in [5.74, 6) is -2.75. The molecule has 1 saturated heterocycles. The smallest absolute Gasteiger partial charge is 0.417 e. The second-order valence-corrected chi connectivity index (χ2v) is 6.11. The van der Waals surface area contributed by atoms with Crippen molar-refractivity contribution < 1.29 is 35.6 Å². The van der Waals surface area contributed by atoms with Crippen molar-refractivity contribution in [2.75, 3.05) is 13.1 Å². The summed E-state index contributed by atoms with van der Waals surface area (Å²) in [6, 6.07) is 3.76. The van der Waals surface area contributed by atoms with Gasteiger partial charge in [0.1, 0.15) is 0 Å². The van der Waals surface area contributed by atoms with Gasteiger partial charge in [0.2, 0.25) is 5.89 Å². The van der Waals surface area contributed by atoms with E-state index in [0.29, 0.717) is 19.4 Å². The molecule has 1 aromatic carbocycles. The molecule has 146 valence electrons. The van der Waals surface area contributed by atoms with Crippen LogP contribution in [-0.2, 0) is 12.4 Å². The van der Waals surface area contributed by atoms with Crippen molar-refractivity contribution in [3.63, 3.8) is 0 Å². The van der Waals surface area contributed by atoms with Crippen LogP contribution in [0.15, 0.2) is 28.7 Å². The van der Waals surface area contributed by atoms with E-state index in [0.717, 1.165) is 24.3 Å². The van der Waals surface area contributed by atoms with Gasteiger partial charge in [0.05, 0.1) is 11.5 Å². The van der Waals surface area contributed by atoms with Crippen molar-refractivity contribution in [1.29, 1.82) is 0 Å². The summed E-state index contributed by atoms with van der Waals surface area (Å²) in [5, 5.41) is 6.38. The van der Waals surface area contributed by atoms with E-state index >= 15 is 0 Å². The Hall–Kier alpha value is -2.59. The van der Waals surface area contributed by atoms with Gasteiger partial charge in [-0.05, 0) is 37.1 Å². The Morgan fingerprint density at radius 2 is 1.70 bits per heavy atom. The zero-order valence-corrected chi connectivity index (χ0v) is 13.6. The average Bonchev–Trinajstić information content (AvgIpc) is 3.11. The molecule has 1 aliphatic heterocycles. The van der Waals surface area contributed by atoms with Gasteiger partial charge in [0.25, 0.3) is 5.91 Å². The summed E-state index contributed by atoms with van der Waals surface area (Å²) < 4.78 is 80.2. The first-order chi connectivity index (χ1) is 12.6. The van der Waals surface area contributed by atoms with E-state index in [1.165, 1.54) is 4.90 Å². The second kappa shape index (κ2) is 6.86. The lowest BCUT2D eigenvalue weighted by molar-refractivity contribution is -0.157. The predicted molar refractivity (Wildman–Crippen MR) is 78.6 cm³/mol. The molecule has 1 fully saturated rings. The number of alkyl halides is 6. The standard InChI is InChI=1S/C16H13F6N3O2/c17-15(18,19)11-5-3-9(4-6-11)13(26)25-7-1-2-10(8-25)12-23-24-14(27-12)16(20,21)22/h3-6,10H,1-2,7-8H2. The van der Waals surface area contributed by atoms with Crippen LogP contribution in [0.2, 0.25) is 0 Å². The van der Waals surface area contributed by atoms with E-state index in [2.05, 4.69) is 14.6 Å². The largest absolute Gasteiger partial charge is 0.470 e. The zero-order valence-electron chi connectivity index (χ0n) is 13.6. The molecule has 0 radical (unpaired) electrons. The fourth-order valence-corrected chi connectivity index (χ4v) is 2.86. The Morgan fingerprint density at radius 3 is 2.26 bits per heavy atom. The lowest BCUT2D eigenvalue weighted by Gasteiger charge is -2.31. The molecule has 0 N–H and O–H groups in total. The van der Waals surface area contributed by atoms with Gasteiger partial charge in [0, 0.05) is 18.7 Å². The molecule has 1 aliphatic rings. The van der Waals surface area contributed by atoms with Crippen molar-refractivity contribution in [2.24, 2.45) is 0 Å². The number of aromatic nitrogens is 2. The Labute approximate surface area is 149 Å². The Kier molecular flexibility index (Phi) is 4.87. The molecule has 5 nitrogen and oxygen atoms in total. The van der Waals surface area contributed by atoms with Crippen LogP contribution in [0.4, 0.5) is 26.3 Å². The van der Waals surface area contributed by atoms with Crippen LogP contribution in [0.5, 0.6) is 0 Å². The fraction of sp³-hybridized carbons (Fsp3) is 0.438. The normalized spacial score (nSPS) is 18.6. The van der Waals surface area contributed by atoms with Crippen molar-refractivity contribution in [3.05, 3.63) is 47.2 Å². The van der Waals surface area contributed by atoms with Crippen molar-refractivity contribution in [1.82, 2.24) is 15.1 Å². The topological polar surface area (TPSA) is 59.2 Å². The zero-order chi connectivity index (χ0) is 19.8. The summed E-state index contributed by atoms with van der Waals surface area (Å²) in [5.41, 5.74) is -0.814. The lowest BCUT2D eigenvalue weighted by atomic mass is 9.97. The number of carbonyl (C=O) groups excluding carboxylic acids is 1. The molecule has 1 amide bonds. The highest BCUT2D eigenvalue weighted by molar-refractivity contribution is 5.94. The van der Waals surface area contributed by atoms with Crippen LogP contribution in [0.1, 0.15) is 46.5 Å². The molecule has 0 spiro atoms. The van der Waals surface area contributed by atoms with Gasteiger partial charge < -0.3 is 9.32 Å². The SMILES string of the molecule is O=C(c1ccc(C(F)(F)F)cc1)N1CCCC(c2nnc(C(F)(F)F)o2)C1. The molecule has 1 unspecified atom stereocenters. The number of nitrogens with zero attached hydrogens (tertiary/aromatic N) is 3. The number of benzene rings is 1. The number of halogens is 6. The van der Waals surface area contributed by atoms with E-state index in [4.69, 9.17) is 0 Å². The van der Waals surface area contributed by atoms with Gasteiger partial charge in [-0.1, -0.05) is 0 Å².